The molecule has 0 spiro atoms. The summed E-state index contributed by atoms with van der Waals surface area (Å²) in [5.74, 6) is 0.929. The van der Waals surface area contributed by atoms with Crippen molar-refractivity contribution in [1.82, 2.24) is 0 Å². The predicted octanol–water partition coefficient (Wildman–Crippen LogP) is 3.74. The first kappa shape index (κ1) is 15.1. The molecule has 0 aliphatic heterocycles. The Kier molecular flexibility index (Phi) is 4.25. The Bertz CT molecular complexity index is 740. The van der Waals surface area contributed by atoms with Gasteiger partial charge in [-0.15, -0.1) is 0 Å². The van der Waals surface area contributed by atoms with Gasteiger partial charge in [-0.05, 0) is 48.9 Å². The van der Waals surface area contributed by atoms with Crippen LogP contribution in [0.15, 0.2) is 41.3 Å². The van der Waals surface area contributed by atoms with Gasteiger partial charge in [0.05, 0.1) is 4.90 Å². The summed E-state index contributed by atoms with van der Waals surface area (Å²) >= 11 is 11.7. The summed E-state index contributed by atoms with van der Waals surface area (Å²) in [6.07, 6.45) is 0. The highest BCUT2D eigenvalue weighted by Crippen LogP contribution is 2.29. The molecule has 0 aliphatic rings. The van der Waals surface area contributed by atoms with E-state index in [4.69, 9.17) is 33.1 Å². The van der Waals surface area contributed by atoms with Crippen LogP contribution in [0.4, 0.5) is 0 Å². The van der Waals surface area contributed by atoms with E-state index in [1.54, 1.807) is 31.2 Å². The number of ether oxygens (including phenoxy) is 1. The van der Waals surface area contributed by atoms with Crippen LogP contribution in [0, 0.1) is 6.92 Å². The Hall–Kier alpha value is -1.27. The van der Waals surface area contributed by atoms with Gasteiger partial charge < -0.3 is 4.74 Å². The zero-order valence-corrected chi connectivity index (χ0v) is 12.8. The van der Waals surface area contributed by atoms with Crippen LogP contribution in [0.25, 0.3) is 0 Å². The molecule has 2 aromatic carbocycles. The van der Waals surface area contributed by atoms with Gasteiger partial charge in [0.25, 0.3) is 0 Å². The summed E-state index contributed by atoms with van der Waals surface area (Å²) in [6, 6.07) is 9.29. The van der Waals surface area contributed by atoms with Gasteiger partial charge in [0.15, 0.2) is 0 Å². The third-order valence-electron chi connectivity index (χ3n) is 2.52. The van der Waals surface area contributed by atoms with Crippen molar-refractivity contribution >= 4 is 33.2 Å². The lowest BCUT2D eigenvalue weighted by Crippen LogP contribution is -2.13. The molecule has 0 radical (unpaired) electrons. The summed E-state index contributed by atoms with van der Waals surface area (Å²) < 4.78 is 28.2. The normalized spacial score (nSPS) is 11.4. The van der Waals surface area contributed by atoms with Crippen molar-refractivity contribution in [2.75, 3.05) is 0 Å². The SMILES string of the molecule is Cc1cc(Oc2cc(Cl)cc(Cl)c2)ccc1S(N)(=O)=O. The number of hydrogen-bond acceptors (Lipinski definition) is 3. The summed E-state index contributed by atoms with van der Waals surface area (Å²) in [7, 11) is -3.73. The highest BCUT2D eigenvalue weighted by atomic mass is 35.5. The number of halogens is 2. The number of rotatable bonds is 3. The topological polar surface area (TPSA) is 69.4 Å². The number of hydrogen-bond donors (Lipinski definition) is 1. The highest BCUT2D eigenvalue weighted by Gasteiger charge is 2.12. The van der Waals surface area contributed by atoms with E-state index in [1.807, 2.05) is 0 Å². The number of aryl methyl sites for hydroxylation is 1. The fraction of sp³-hybridized carbons (Fsp3) is 0.0769. The Morgan fingerprint density at radius 3 is 2.10 bits per heavy atom. The minimum absolute atomic E-state index is 0.0639. The van der Waals surface area contributed by atoms with Crippen molar-refractivity contribution in [3.05, 3.63) is 52.0 Å². The van der Waals surface area contributed by atoms with Crippen molar-refractivity contribution in [3.63, 3.8) is 0 Å². The minimum Gasteiger partial charge on any atom is -0.457 e. The van der Waals surface area contributed by atoms with Crippen LogP contribution in [0.3, 0.4) is 0 Å². The van der Waals surface area contributed by atoms with Gasteiger partial charge >= 0.3 is 0 Å². The van der Waals surface area contributed by atoms with E-state index in [0.717, 1.165) is 0 Å². The summed E-state index contributed by atoms with van der Waals surface area (Å²) in [5.41, 5.74) is 0.498. The number of benzene rings is 2. The van der Waals surface area contributed by atoms with Crippen molar-refractivity contribution in [3.8, 4) is 11.5 Å². The lowest BCUT2D eigenvalue weighted by Gasteiger charge is -2.09. The largest absolute Gasteiger partial charge is 0.457 e. The molecule has 0 unspecified atom stereocenters. The van der Waals surface area contributed by atoms with Crippen LogP contribution < -0.4 is 9.88 Å². The quantitative estimate of drug-likeness (QED) is 0.931. The van der Waals surface area contributed by atoms with Gasteiger partial charge in [0.1, 0.15) is 11.5 Å². The molecular formula is C13H11Cl2NO3S. The van der Waals surface area contributed by atoms with E-state index < -0.39 is 10.0 Å². The first-order chi connectivity index (χ1) is 9.25. The molecule has 7 heteroatoms. The smallest absolute Gasteiger partial charge is 0.238 e. The zero-order valence-electron chi connectivity index (χ0n) is 10.4. The van der Waals surface area contributed by atoms with Crippen LogP contribution in [-0.2, 0) is 10.0 Å². The van der Waals surface area contributed by atoms with Crippen molar-refractivity contribution in [2.45, 2.75) is 11.8 Å². The average Bonchev–Trinajstić information content (AvgIpc) is 2.25. The van der Waals surface area contributed by atoms with Crippen molar-refractivity contribution < 1.29 is 13.2 Å². The Morgan fingerprint density at radius 2 is 1.60 bits per heavy atom. The van der Waals surface area contributed by atoms with Gasteiger partial charge in [-0.1, -0.05) is 23.2 Å². The molecule has 0 aromatic heterocycles. The Balaban J connectivity index is 2.33. The Labute approximate surface area is 127 Å². The fourth-order valence-electron chi connectivity index (χ4n) is 1.73. The van der Waals surface area contributed by atoms with E-state index in [0.29, 0.717) is 27.1 Å². The maximum Gasteiger partial charge on any atom is 0.238 e. The summed E-state index contributed by atoms with van der Waals surface area (Å²) in [4.78, 5) is 0.0639. The molecule has 2 N–H and O–H groups in total. The molecule has 0 saturated heterocycles. The van der Waals surface area contributed by atoms with E-state index in [9.17, 15) is 8.42 Å². The highest BCUT2D eigenvalue weighted by molar-refractivity contribution is 7.89. The molecule has 0 bridgehead atoms. The van der Waals surface area contributed by atoms with Gasteiger partial charge in [-0.25, -0.2) is 13.6 Å². The molecule has 2 rings (SSSR count). The number of nitrogens with two attached hydrogens (primary N) is 1. The van der Waals surface area contributed by atoms with E-state index in [-0.39, 0.29) is 4.90 Å². The molecule has 0 heterocycles. The zero-order chi connectivity index (χ0) is 14.9. The third kappa shape index (κ3) is 3.64. The molecular weight excluding hydrogens is 321 g/mol. The molecule has 2 aromatic rings. The van der Waals surface area contributed by atoms with Gasteiger partial charge in [0.2, 0.25) is 10.0 Å². The summed E-state index contributed by atoms with van der Waals surface area (Å²) in [6.45, 7) is 1.64. The molecule has 0 aliphatic carbocycles. The fourth-order valence-corrected chi connectivity index (χ4v) is 3.00. The molecule has 20 heavy (non-hydrogen) atoms. The van der Waals surface area contributed by atoms with E-state index in [2.05, 4.69) is 0 Å². The third-order valence-corrected chi connectivity index (χ3v) is 4.03. The van der Waals surface area contributed by atoms with Crippen molar-refractivity contribution in [2.24, 2.45) is 5.14 Å². The molecule has 0 saturated carbocycles. The van der Waals surface area contributed by atoms with Gasteiger partial charge in [0, 0.05) is 10.0 Å². The molecule has 0 fully saturated rings. The minimum atomic E-state index is -3.73. The maximum atomic E-state index is 11.3. The second-order valence-electron chi connectivity index (χ2n) is 4.18. The van der Waals surface area contributed by atoms with Crippen LogP contribution in [0.5, 0.6) is 11.5 Å². The first-order valence-corrected chi connectivity index (χ1v) is 7.83. The number of sulfonamides is 1. The van der Waals surface area contributed by atoms with E-state index in [1.165, 1.54) is 12.1 Å². The van der Waals surface area contributed by atoms with Gasteiger partial charge in [-0.3, -0.25) is 0 Å². The number of primary sulfonamides is 1. The van der Waals surface area contributed by atoms with Gasteiger partial charge in [-0.2, -0.15) is 0 Å². The maximum absolute atomic E-state index is 11.3. The molecule has 106 valence electrons. The molecule has 0 amide bonds. The molecule has 4 nitrogen and oxygen atoms in total. The standard InChI is InChI=1S/C13H11Cl2NO3S/c1-8-4-11(2-3-13(8)20(16,17)18)19-12-6-9(14)5-10(15)7-12/h2-7H,1H3,(H2,16,17,18). The summed E-state index contributed by atoms with van der Waals surface area (Å²) in [5, 5.41) is 6.00. The lowest BCUT2D eigenvalue weighted by molar-refractivity contribution is 0.481. The Morgan fingerprint density at radius 1 is 1.00 bits per heavy atom. The van der Waals surface area contributed by atoms with Crippen LogP contribution in [-0.4, -0.2) is 8.42 Å². The van der Waals surface area contributed by atoms with Crippen LogP contribution in [0.1, 0.15) is 5.56 Å². The second kappa shape index (κ2) is 5.61. The average molecular weight is 332 g/mol. The van der Waals surface area contributed by atoms with Crippen LogP contribution in [0.2, 0.25) is 10.0 Å². The monoisotopic (exact) mass is 331 g/mol. The van der Waals surface area contributed by atoms with E-state index >= 15 is 0 Å². The molecule has 0 atom stereocenters. The predicted molar refractivity (Wildman–Crippen MR) is 79.1 cm³/mol. The van der Waals surface area contributed by atoms with Crippen molar-refractivity contribution in [1.29, 1.82) is 0 Å². The first-order valence-electron chi connectivity index (χ1n) is 5.53. The van der Waals surface area contributed by atoms with Crippen LogP contribution >= 0.6 is 23.2 Å². The second-order valence-corrected chi connectivity index (χ2v) is 6.58. The lowest BCUT2D eigenvalue weighted by atomic mass is 10.2.